The number of halogens is 5. The first-order chi connectivity index (χ1) is 13.7. The summed E-state index contributed by atoms with van der Waals surface area (Å²) < 4.78 is 73.5. The summed E-state index contributed by atoms with van der Waals surface area (Å²) in [4.78, 5) is 17.7. The zero-order valence-electron chi connectivity index (χ0n) is 15.0. The van der Waals surface area contributed by atoms with Gasteiger partial charge in [0.1, 0.15) is 11.4 Å². The largest absolute Gasteiger partial charge is 0.450 e. The fourth-order valence-electron chi connectivity index (χ4n) is 2.59. The van der Waals surface area contributed by atoms with Gasteiger partial charge < -0.3 is 20.4 Å². The second kappa shape index (κ2) is 7.94. The molecule has 3 rings (SSSR count). The molecule has 0 atom stereocenters. The maximum Gasteiger partial charge on any atom is 0.418 e. The molecule has 0 saturated carbocycles. The van der Waals surface area contributed by atoms with Crippen LogP contribution < -0.4 is 15.4 Å². The van der Waals surface area contributed by atoms with Crippen molar-refractivity contribution in [3.63, 3.8) is 0 Å². The fourth-order valence-corrected chi connectivity index (χ4v) is 2.59. The Morgan fingerprint density at radius 2 is 1.93 bits per heavy atom. The van der Waals surface area contributed by atoms with Gasteiger partial charge in [-0.1, -0.05) is 6.92 Å². The third-order valence-electron chi connectivity index (χ3n) is 3.84. The summed E-state index contributed by atoms with van der Waals surface area (Å²) in [6.07, 6.45) is -2.23. The number of carbonyl (C=O) groups is 1. The molecular weight excluding hydrogens is 399 g/mol. The van der Waals surface area contributed by atoms with Crippen molar-refractivity contribution in [3.8, 4) is 11.5 Å². The van der Waals surface area contributed by atoms with Crippen LogP contribution in [0.1, 0.15) is 18.9 Å². The third kappa shape index (κ3) is 4.39. The summed E-state index contributed by atoms with van der Waals surface area (Å²) >= 11 is 0. The minimum Gasteiger partial charge on any atom is -0.450 e. The number of amides is 2. The molecule has 0 aliphatic heterocycles. The molecule has 0 saturated heterocycles. The van der Waals surface area contributed by atoms with Crippen LogP contribution in [0.3, 0.4) is 0 Å². The number of pyridine rings is 1. The van der Waals surface area contributed by atoms with Gasteiger partial charge in [0.25, 0.3) is 0 Å². The number of fused-ring (bicyclic) bond motifs is 1. The molecule has 0 aliphatic rings. The Morgan fingerprint density at radius 3 is 2.55 bits per heavy atom. The van der Waals surface area contributed by atoms with E-state index in [-0.39, 0.29) is 11.3 Å². The number of hydrogen-bond acceptors (Lipinski definition) is 3. The molecule has 0 unspecified atom stereocenters. The minimum absolute atomic E-state index is 0.151. The smallest absolute Gasteiger partial charge is 0.418 e. The lowest BCUT2D eigenvalue weighted by Gasteiger charge is -2.13. The second-order valence-corrected chi connectivity index (χ2v) is 5.98. The number of aromatic amines is 1. The normalized spacial score (nSPS) is 11.5. The van der Waals surface area contributed by atoms with Gasteiger partial charge in [0.2, 0.25) is 0 Å². The summed E-state index contributed by atoms with van der Waals surface area (Å²) in [5, 5.41) is 4.26. The summed E-state index contributed by atoms with van der Waals surface area (Å²) in [6.45, 7) is 2.20. The molecule has 0 aliphatic carbocycles. The zero-order chi connectivity index (χ0) is 21.2. The first-order valence-corrected chi connectivity index (χ1v) is 8.45. The molecule has 0 spiro atoms. The average Bonchev–Trinajstić information content (AvgIpc) is 3.08. The standard InChI is InChI=1S/C18H15F5N4O2/c1-2-4-25-17(28)27-9-6-11(19)15(12(20)7-9)29-13-3-5-24-16-14(13)10(8-26-16)18(21,22)23/h3,5-8H,2,4H2,1H3,(H,24,26)(H2,25,27,28). The van der Waals surface area contributed by atoms with E-state index < -0.39 is 46.3 Å². The lowest BCUT2D eigenvalue weighted by molar-refractivity contribution is -0.136. The highest BCUT2D eigenvalue weighted by Crippen LogP contribution is 2.40. The highest BCUT2D eigenvalue weighted by molar-refractivity contribution is 5.89. The van der Waals surface area contributed by atoms with Crippen LogP contribution in [0.5, 0.6) is 11.5 Å². The summed E-state index contributed by atoms with van der Waals surface area (Å²) in [5.41, 5.74) is -1.41. The number of carbonyl (C=O) groups excluding carboxylic acids is 1. The van der Waals surface area contributed by atoms with Crippen molar-refractivity contribution >= 4 is 22.8 Å². The van der Waals surface area contributed by atoms with E-state index in [1.54, 1.807) is 0 Å². The van der Waals surface area contributed by atoms with Gasteiger partial charge in [-0.2, -0.15) is 13.2 Å². The van der Waals surface area contributed by atoms with E-state index in [0.29, 0.717) is 19.2 Å². The van der Waals surface area contributed by atoms with Gasteiger partial charge in [-0.05, 0) is 12.5 Å². The molecule has 11 heteroatoms. The van der Waals surface area contributed by atoms with Crippen LogP contribution in [0.25, 0.3) is 11.0 Å². The Balaban J connectivity index is 1.93. The molecule has 6 nitrogen and oxygen atoms in total. The molecule has 0 bridgehead atoms. The minimum atomic E-state index is -4.73. The van der Waals surface area contributed by atoms with Crippen LogP contribution in [-0.4, -0.2) is 22.5 Å². The molecule has 3 aromatic rings. The number of urea groups is 1. The molecular formula is C18H15F5N4O2. The Labute approximate surface area is 161 Å². The molecule has 0 radical (unpaired) electrons. The second-order valence-electron chi connectivity index (χ2n) is 5.98. The number of hydrogen-bond donors (Lipinski definition) is 3. The Kier molecular flexibility index (Phi) is 5.57. The molecule has 0 fully saturated rings. The van der Waals surface area contributed by atoms with Crippen molar-refractivity contribution in [2.75, 3.05) is 11.9 Å². The van der Waals surface area contributed by atoms with Gasteiger partial charge in [0.15, 0.2) is 17.4 Å². The van der Waals surface area contributed by atoms with E-state index in [0.717, 1.165) is 24.4 Å². The van der Waals surface area contributed by atoms with Crippen molar-refractivity contribution in [2.45, 2.75) is 19.5 Å². The molecule has 29 heavy (non-hydrogen) atoms. The van der Waals surface area contributed by atoms with Crippen molar-refractivity contribution in [1.29, 1.82) is 0 Å². The van der Waals surface area contributed by atoms with E-state index in [1.165, 1.54) is 0 Å². The van der Waals surface area contributed by atoms with Crippen molar-refractivity contribution in [3.05, 3.63) is 47.8 Å². The van der Waals surface area contributed by atoms with Gasteiger partial charge in [-0.25, -0.2) is 18.6 Å². The van der Waals surface area contributed by atoms with E-state index in [2.05, 4.69) is 20.6 Å². The Morgan fingerprint density at radius 1 is 1.24 bits per heavy atom. The highest BCUT2D eigenvalue weighted by atomic mass is 19.4. The molecule has 1 aromatic carbocycles. The maximum absolute atomic E-state index is 14.4. The highest BCUT2D eigenvalue weighted by Gasteiger charge is 2.35. The number of alkyl halides is 3. The average molecular weight is 414 g/mol. The van der Waals surface area contributed by atoms with Gasteiger partial charge in [0.05, 0.1) is 10.9 Å². The topological polar surface area (TPSA) is 79.0 Å². The lowest BCUT2D eigenvalue weighted by Crippen LogP contribution is -2.29. The van der Waals surface area contributed by atoms with E-state index >= 15 is 0 Å². The molecule has 2 heterocycles. The SMILES string of the molecule is CCCNC(=O)Nc1cc(F)c(Oc2ccnc3[nH]cc(C(F)(F)F)c23)c(F)c1. The Bertz CT molecular complexity index is 1030. The monoisotopic (exact) mass is 414 g/mol. The molecule has 3 N–H and O–H groups in total. The number of aromatic nitrogens is 2. The molecule has 154 valence electrons. The summed E-state index contributed by atoms with van der Waals surface area (Å²) in [7, 11) is 0. The maximum atomic E-state index is 14.4. The van der Waals surface area contributed by atoms with Crippen molar-refractivity contribution in [1.82, 2.24) is 15.3 Å². The van der Waals surface area contributed by atoms with Gasteiger partial charge >= 0.3 is 12.2 Å². The zero-order valence-corrected chi connectivity index (χ0v) is 15.0. The number of rotatable bonds is 5. The molecule has 2 amide bonds. The number of H-pyrrole nitrogens is 1. The number of anilines is 1. The number of nitrogens with one attached hydrogen (secondary N) is 3. The lowest BCUT2D eigenvalue weighted by atomic mass is 10.2. The van der Waals surface area contributed by atoms with Crippen LogP contribution in [0.2, 0.25) is 0 Å². The van der Waals surface area contributed by atoms with Gasteiger partial charge in [-0.15, -0.1) is 0 Å². The number of benzene rings is 1. The predicted molar refractivity (Wildman–Crippen MR) is 94.8 cm³/mol. The first kappa shape index (κ1) is 20.4. The van der Waals surface area contributed by atoms with Crippen LogP contribution in [0, 0.1) is 11.6 Å². The van der Waals surface area contributed by atoms with Crippen molar-refractivity contribution in [2.24, 2.45) is 0 Å². The summed E-state index contributed by atoms with van der Waals surface area (Å²) in [5.74, 6) is -3.75. The molecule has 2 aromatic heterocycles. The quantitative estimate of drug-likeness (QED) is 0.503. The van der Waals surface area contributed by atoms with E-state index in [4.69, 9.17) is 4.74 Å². The van der Waals surface area contributed by atoms with E-state index in [1.807, 2.05) is 6.92 Å². The summed E-state index contributed by atoms with van der Waals surface area (Å²) in [6, 6.07) is 2.00. The van der Waals surface area contributed by atoms with Crippen LogP contribution >= 0.6 is 0 Å². The van der Waals surface area contributed by atoms with Crippen molar-refractivity contribution < 1.29 is 31.5 Å². The van der Waals surface area contributed by atoms with Crippen LogP contribution in [-0.2, 0) is 6.18 Å². The third-order valence-corrected chi connectivity index (χ3v) is 3.84. The number of ether oxygens (including phenoxy) is 1. The van der Waals surface area contributed by atoms with E-state index in [9.17, 15) is 26.7 Å². The van der Waals surface area contributed by atoms with Gasteiger partial charge in [0, 0.05) is 36.8 Å². The number of nitrogens with zero attached hydrogens (tertiary/aromatic N) is 1. The first-order valence-electron chi connectivity index (χ1n) is 8.45. The predicted octanol–water partition coefficient (Wildman–Crippen LogP) is 5.18. The Hall–Kier alpha value is -3.37. The van der Waals surface area contributed by atoms with Crippen LogP contribution in [0.4, 0.5) is 32.4 Å². The van der Waals surface area contributed by atoms with Crippen LogP contribution in [0.15, 0.2) is 30.6 Å². The van der Waals surface area contributed by atoms with Gasteiger partial charge in [-0.3, -0.25) is 0 Å². The fraction of sp³-hybridized carbons (Fsp3) is 0.222.